The lowest BCUT2D eigenvalue weighted by Gasteiger charge is -2.33. The molecule has 2 amide bonds. The number of benzene rings is 1. The van der Waals surface area contributed by atoms with Crippen molar-refractivity contribution in [2.45, 2.75) is 46.6 Å². The van der Waals surface area contributed by atoms with Gasteiger partial charge in [0.15, 0.2) is 0 Å². The molecule has 0 radical (unpaired) electrons. The summed E-state index contributed by atoms with van der Waals surface area (Å²) in [5.41, 5.74) is 0.158. The monoisotopic (exact) mass is 306 g/mol. The molecule has 0 aromatic heterocycles. The first-order valence-corrected chi connectivity index (χ1v) is 7.30. The fourth-order valence-corrected chi connectivity index (χ4v) is 2.60. The summed E-state index contributed by atoms with van der Waals surface area (Å²) in [7, 11) is 1.57. The highest BCUT2D eigenvalue weighted by Crippen LogP contribution is 2.26. The van der Waals surface area contributed by atoms with E-state index in [0.717, 1.165) is 6.42 Å². The zero-order valence-electron chi connectivity index (χ0n) is 14.2. The van der Waals surface area contributed by atoms with Crippen molar-refractivity contribution in [2.24, 2.45) is 5.41 Å². The van der Waals surface area contributed by atoms with Crippen LogP contribution in [-0.2, 0) is 9.59 Å². The van der Waals surface area contributed by atoms with E-state index in [9.17, 15) is 9.59 Å². The van der Waals surface area contributed by atoms with Crippen molar-refractivity contribution in [1.82, 2.24) is 5.32 Å². The molecular weight excluding hydrogens is 280 g/mol. The predicted octanol–water partition coefficient (Wildman–Crippen LogP) is 2.96. The number of nitrogens with one attached hydrogen (secondary N) is 2. The highest BCUT2D eigenvalue weighted by atomic mass is 16.5. The molecule has 1 aromatic carbocycles. The van der Waals surface area contributed by atoms with Crippen LogP contribution in [0.25, 0.3) is 0 Å². The summed E-state index contributed by atoms with van der Waals surface area (Å²) in [5, 5.41) is 5.35. The Morgan fingerprint density at radius 3 is 2.00 bits per heavy atom. The zero-order valence-corrected chi connectivity index (χ0v) is 14.2. The number of hydrogen-bond donors (Lipinski definition) is 2. The van der Waals surface area contributed by atoms with E-state index in [1.165, 1.54) is 0 Å². The van der Waals surface area contributed by atoms with Crippen LogP contribution < -0.4 is 15.4 Å². The van der Waals surface area contributed by atoms with E-state index < -0.39 is 17.4 Å². The molecule has 2 N–H and O–H groups in total. The average Bonchev–Trinajstić information content (AvgIpc) is 2.36. The van der Waals surface area contributed by atoms with E-state index in [1.807, 2.05) is 13.8 Å². The molecule has 0 aliphatic rings. The van der Waals surface area contributed by atoms with Crippen LogP contribution in [0.15, 0.2) is 24.3 Å². The summed E-state index contributed by atoms with van der Waals surface area (Å²) >= 11 is 0. The van der Waals surface area contributed by atoms with Gasteiger partial charge in [0, 0.05) is 11.2 Å². The van der Waals surface area contributed by atoms with Crippen LogP contribution >= 0.6 is 0 Å². The largest absolute Gasteiger partial charge is 0.497 e. The fraction of sp³-hybridized carbons (Fsp3) is 0.529. The minimum absolute atomic E-state index is 0.0588. The van der Waals surface area contributed by atoms with Crippen molar-refractivity contribution in [1.29, 1.82) is 0 Å². The third kappa shape index (κ3) is 6.16. The lowest BCUT2D eigenvalue weighted by atomic mass is 9.82. The molecule has 1 aromatic rings. The van der Waals surface area contributed by atoms with Crippen LogP contribution in [0.4, 0.5) is 5.69 Å². The van der Waals surface area contributed by atoms with E-state index in [1.54, 1.807) is 31.4 Å². The standard InChI is InChI=1S/C17H26N2O3/c1-16(2,3)11-17(4,5)19-15(21)14(20)18-12-7-9-13(22-6)10-8-12/h7-10H,11H2,1-6H3,(H,18,20)(H,19,21). The van der Waals surface area contributed by atoms with E-state index in [0.29, 0.717) is 11.4 Å². The number of methoxy groups -OCH3 is 1. The summed E-state index contributed by atoms with van der Waals surface area (Å²) in [6, 6.07) is 6.81. The molecular formula is C17H26N2O3. The van der Waals surface area contributed by atoms with E-state index in [4.69, 9.17) is 4.74 Å². The second-order valence-electron chi connectivity index (χ2n) is 7.26. The number of anilines is 1. The highest BCUT2D eigenvalue weighted by molar-refractivity contribution is 6.39. The molecule has 1 rings (SSSR count). The molecule has 0 atom stereocenters. The Morgan fingerprint density at radius 2 is 1.55 bits per heavy atom. The molecule has 0 aliphatic carbocycles. The first-order chi connectivity index (χ1) is 10.0. The number of carbonyl (C=O) groups excluding carboxylic acids is 2. The minimum atomic E-state index is -0.674. The molecule has 0 fully saturated rings. The van der Waals surface area contributed by atoms with E-state index in [2.05, 4.69) is 31.4 Å². The van der Waals surface area contributed by atoms with Gasteiger partial charge in [-0.2, -0.15) is 0 Å². The number of carbonyl (C=O) groups is 2. The van der Waals surface area contributed by atoms with Crippen molar-refractivity contribution in [2.75, 3.05) is 12.4 Å². The minimum Gasteiger partial charge on any atom is -0.497 e. The van der Waals surface area contributed by atoms with Crippen molar-refractivity contribution in [3.63, 3.8) is 0 Å². The van der Waals surface area contributed by atoms with Crippen LogP contribution in [0.2, 0.25) is 0 Å². The predicted molar refractivity (Wildman–Crippen MR) is 87.9 cm³/mol. The molecule has 0 bridgehead atoms. The van der Waals surface area contributed by atoms with Gasteiger partial charge >= 0.3 is 11.8 Å². The van der Waals surface area contributed by atoms with E-state index >= 15 is 0 Å². The summed E-state index contributed by atoms with van der Waals surface area (Å²) in [6.07, 6.45) is 0.765. The molecule has 0 unspecified atom stereocenters. The molecule has 0 spiro atoms. The molecule has 0 saturated heterocycles. The first-order valence-electron chi connectivity index (χ1n) is 7.30. The van der Waals surface area contributed by atoms with Crippen molar-refractivity contribution in [3.8, 4) is 5.75 Å². The Morgan fingerprint density at radius 1 is 1.00 bits per heavy atom. The number of ether oxygens (including phenoxy) is 1. The maximum absolute atomic E-state index is 12.0. The smallest absolute Gasteiger partial charge is 0.313 e. The third-order valence-electron chi connectivity index (χ3n) is 2.98. The average molecular weight is 306 g/mol. The second kappa shape index (κ2) is 6.81. The van der Waals surface area contributed by atoms with Gasteiger partial charge in [-0.05, 0) is 49.9 Å². The van der Waals surface area contributed by atoms with Crippen molar-refractivity contribution < 1.29 is 14.3 Å². The first kappa shape index (κ1) is 18.0. The molecule has 5 heteroatoms. The SMILES string of the molecule is COc1ccc(NC(=O)C(=O)NC(C)(C)CC(C)(C)C)cc1. The Labute approximate surface area is 132 Å². The maximum Gasteiger partial charge on any atom is 0.313 e. The molecule has 122 valence electrons. The molecule has 0 saturated carbocycles. The van der Waals surface area contributed by atoms with E-state index in [-0.39, 0.29) is 5.41 Å². The topological polar surface area (TPSA) is 67.4 Å². The molecule has 0 heterocycles. The fourth-order valence-electron chi connectivity index (χ4n) is 2.60. The Kier molecular flexibility index (Phi) is 5.58. The summed E-state index contributed by atoms with van der Waals surface area (Å²) in [4.78, 5) is 24.0. The van der Waals surface area contributed by atoms with Gasteiger partial charge in [-0.1, -0.05) is 20.8 Å². The quantitative estimate of drug-likeness (QED) is 0.840. The lowest BCUT2D eigenvalue weighted by Crippen LogP contribution is -2.49. The van der Waals surface area contributed by atoms with Crippen LogP contribution in [-0.4, -0.2) is 24.5 Å². The number of amides is 2. The van der Waals surface area contributed by atoms with Crippen LogP contribution in [0, 0.1) is 5.41 Å². The lowest BCUT2D eigenvalue weighted by molar-refractivity contribution is -0.137. The van der Waals surface area contributed by atoms with Gasteiger partial charge in [-0.25, -0.2) is 0 Å². The van der Waals surface area contributed by atoms with Gasteiger partial charge in [0.25, 0.3) is 0 Å². The van der Waals surface area contributed by atoms with Crippen molar-refractivity contribution in [3.05, 3.63) is 24.3 Å². The third-order valence-corrected chi connectivity index (χ3v) is 2.98. The molecule has 0 aliphatic heterocycles. The summed E-state index contributed by atoms with van der Waals surface area (Å²) in [5.74, 6) is -0.619. The number of rotatable bonds is 4. The van der Waals surface area contributed by atoms with Gasteiger partial charge in [0.1, 0.15) is 5.75 Å². The highest BCUT2D eigenvalue weighted by Gasteiger charge is 2.29. The van der Waals surface area contributed by atoms with Gasteiger partial charge < -0.3 is 15.4 Å². The van der Waals surface area contributed by atoms with Crippen LogP contribution in [0.3, 0.4) is 0 Å². The Hall–Kier alpha value is -2.04. The van der Waals surface area contributed by atoms with Gasteiger partial charge in [0.2, 0.25) is 0 Å². The van der Waals surface area contributed by atoms with Gasteiger partial charge in [-0.3, -0.25) is 9.59 Å². The van der Waals surface area contributed by atoms with Crippen LogP contribution in [0.5, 0.6) is 5.75 Å². The second-order valence-corrected chi connectivity index (χ2v) is 7.26. The molecule has 22 heavy (non-hydrogen) atoms. The molecule has 5 nitrogen and oxygen atoms in total. The van der Waals surface area contributed by atoms with Gasteiger partial charge in [0.05, 0.1) is 7.11 Å². The summed E-state index contributed by atoms with van der Waals surface area (Å²) < 4.78 is 5.04. The number of hydrogen-bond acceptors (Lipinski definition) is 3. The maximum atomic E-state index is 12.0. The van der Waals surface area contributed by atoms with Gasteiger partial charge in [-0.15, -0.1) is 0 Å². The normalized spacial score (nSPS) is 11.7. The Balaban J connectivity index is 2.63. The summed E-state index contributed by atoms with van der Waals surface area (Å²) in [6.45, 7) is 10.1. The van der Waals surface area contributed by atoms with Crippen LogP contribution in [0.1, 0.15) is 41.0 Å². The van der Waals surface area contributed by atoms with Crippen molar-refractivity contribution >= 4 is 17.5 Å². The zero-order chi connectivity index (χ0) is 17.0. The Bertz CT molecular complexity index is 528.